The lowest BCUT2D eigenvalue weighted by Crippen LogP contribution is -2.56. The van der Waals surface area contributed by atoms with Crippen molar-refractivity contribution < 1.29 is 29.0 Å². The molecule has 2 amide bonds. The second-order valence-electron chi connectivity index (χ2n) is 10.3. The van der Waals surface area contributed by atoms with E-state index in [2.05, 4.69) is 20.1 Å². The first-order chi connectivity index (χ1) is 16.7. The predicted molar refractivity (Wildman–Crippen MR) is 132 cm³/mol. The first-order valence-corrected chi connectivity index (χ1v) is 13.0. The van der Waals surface area contributed by atoms with Crippen molar-refractivity contribution in [1.29, 1.82) is 0 Å². The molecule has 35 heavy (non-hydrogen) atoms. The lowest BCUT2D eigenvalue weighted by Gasteiger charge is -2.37. The van der Waals surface area contributed by atoms with E-state index in [-0.39, 0.29) is 30.9 Å². The maximum absolute atomic E-state index is 14.1. The SMILES string of the molecule is C=CCCOC(=O)[C@@H]1[C@H]2C(=O)N(CCCCO)C(C(=O)N(CC=C)CCCC)C23CC(C)[C@@]1(C)O3. The Morgan fingerprint density at radius 1 is 1.29 bits per heavy atom. The minimum absolute atomic E-state index is 0.0121. The fraction of sp³-hybridized carbons (Fsp3) is 0.741. The van der Waals surface area contributed by atoms with Gasteiger partial charge in [0.2, 0.25) is 11.8 Å². The van der Waals surface area contributed by atoms with Crippen LogP contribution in [0.15, 0.2) is 25.3 Å². The molecule has 2 bridgehead atoms. The Kier molecular flexibility index (Phi) is 8.81. The quantitative estimate of drug-likeness (QED) is 0.229. The third kappa shape index (κ3) is 4.67. The highest BCUT2D eigenvalue weighted by Gasteiger charge is 2.80. The van der Waals surface area contributed by atoms with Crippen molar-refractivity contribution in [1.82, 2.24) is 9.80 Å². The Morgan fingerprint density at radius 3 is 2.66 bits per heavy atom. The molecule has 0 aromatic carbocycles. The number of likely N-dealkylation sites (tertiary alicyclic amines) is 1. The van der Waals surface area contributed by atoms with E-state index in [1.807, 2.05) is 13.8 Å². The largest absolute Gasteiger partial charge is 0.465 e. The molecule has 0 aromatic heterocycles. The van der Waals surface area contributed by atoms with Gasteiger partial charge in [-0.1, -0.05) is 32.4 Å². The molecule has 3 rings (SSSR count). The maximum atomic E-state index is 14.1. The van der Waals surface area contributed by atoms with E-state index in [4.69, 9.17) is 9.47 Å². The molecule has 3 fully saturated rings. The molecule has 8 nitrogen and oxygen atoms in total. The minimum atomic E-state index is -1.07. The van der Waals surface area contributed by atoms with E-state index in [1.165, 1.54) is 0 Å². The van der Waals surface area contributed by atoms with Gasteiger partial charge in [0.1, 0.15) is 17.6 Å². The number of fused-ring (bicyclic) bond motifs is 1. The first kappa shape index (κ1) is 27.4. The Labute approximate surface area is 209 Å². The molecular weight excluding hydrogens is 448 g/mol. The summed E-state index contributed by atoms with van der Waals surface area (Å²) in [6.07, 6.45) is 7.29. The number of amides is 2. The summed E-state index contributed by atoms with van der Waals surface area (Å²) >= 11 is 0. The van der Waals surface area contributed by atoms with E-state index in [0.717, 1.165) is 12.8 Å². The number of carbonyl (C=O) groups excluding carboxylic acids is 3. The summed E-state index contributed by atoms with van der Waals surface area (Å²) in [6, 6.07) is -0.814. The van der Waals surface area contributed by atoms with Crippen LogP contribution >= 0.6 is 0 Å². The van der Waals surface area contributed by atoms with Crippen molar-refractivity contribution in [2.75, 3.05) is 32.8 Å². The Hall–Kier alpha value is -2.19. The number of carbonyl (C=O) groups is 3. The number of hydrogen-bond acceptors (Lipinski definition) is 6. The van der Waals surface area contributed by atoms with E-state index >= 15 is 0 Å². The van der Waals surface area contributed by atoms with E-state index in [1.54, 1.807) is 22.0 Å². The van der Waals surface area contributed by atoms with Crippen LogP contribution in [0.4, 0.5) is 0 Å². The number of hydrogen-bond donors (Lipinski definition) is 1. The molecule has 3 unspecified atom stereocenters. The van der Waals surface area contributed by atoms with Crippen LogP contribution in [0.2, 0.25) is 0 Å². The summed E-state index contributed by atoms with van der Waals surface area (Å²) in [7, 11) is 0. The monoisotopic (exact) mass is 490 g/mol. The van der Waals surface area contributed by atoms with Gasteiger partial charge in [0.25, 0.3) is 0 Å². The van der Waals surface area contributed by atoms with Crippen LogP contribution in [0.1, 0.15) is 59.3 Å². The molecule has 3 aliphatic rings. The number of unbranched alkanes of at least 4 members (excludes halogenated alkanes) is 2. The number of esters is 1. The third-order valence-corrected chi connectivity index (χ3v) is 8.12. The third-order valence-electron chi connectivity index (χ3n) is 8.12. The Morgan fingerprint density at radius 2 is 2.03 bits per heavy atom. The van der Waals surface area contributed by atoms with Gasteiger partial charge in [0, 0.05) is 26.2 Å². The van der Waals surface area contributed by atoms with Crippen molar-refractivity contribution in [3.8, 4) is 0 Å². The van der Waals surface area contributed by atoms with Crippen molar-refractivity contribution >= 4 is 17.8 Å². The molecule has 0 aliphatic carbocycles. The lowest BCUT2D eigenvalue weighted by atomic mass is 9.62. The zero-order valence-corrected chi connectivity index (χ0v) is 21.5. The van der Waals surface area contributed by atoms with Crippen LogP contribution in [0.25, 0.3) is 0 Å². The van der Waals surface area contributed by atoms with Gasteiger partial charge in [-0.05, 0) is 44.9 Å². The van der Waals surface area contributed by atoms with Gasteiger partial charge < -0.3 is 24.4 Å². The molecule has 3 aliphatic heterocycles. The van der Waals surface area contributed by atoms with Gasteiger partial charge in [-0.25, -0.2) is 0 Å². The predicted octanol–water partition coefficient (Wildman–Crippen LogP) is 2.70. The number of ether oxygens (including phenoxy) is 2. The van der Waals surface area contributed by atoms with Gasteiger partial charge in [-0.3, -0.25) is 14.4 Å². The number of rotatable bonds is 14. The highest BCUT2D eigenvalue weighted by Crippen LogP contribution is 2.65. The highest BCUT2D eigenvalue weighted by molar-refractivity contribution is 5.98. The first-order valence-electron chi connectivity index (χ1n) is 13.0. The summed E-state index contributed by atoms with van der Waals surface area (Å²) in [5.74, 6) is -2.39. The zero-order valence-electron chi connectivity index (χ0n) is 21.5. The number of aliphatic hydroxyl groups excluding tert-OH is 1. The smallest absolute Gasteiger partial charge is 0.312 e. The second kappa shape index (κ2) is 11.2. The van der Waals surface area contributed by atoms with Gasteiger partial charge in [-0.2, -0.15) is 0 Å². The fourth-order valence-corrected chi connectivity index (χ4v) is 6.31. The average molecular weight is 491 g/mol. The summed E-state index contributed by atoms with van der Waals surface area (Å²) < 4.78 is 12.2. The molecular formula is C27H42N2O6. The van der Waals surface area contributed by atoms with Crippen LogP contribution in [-0.2, 0) is 23.9 Å². The topological polar surface area (TPSA) is 96.4 Å². The second-order valence-corrected chi connectivity index (χ2v) is 10.3. The van der Waals surface area contributed by atoms with E-state index < -0.39 is 35.0 Å². The van der Waals surface area contributed by atoms with Gasteiger partial charge >= 0.3 is 5.97 Å². The zero-order chi connectivity index (χ0) is 25.8. The molecule has 0 aromatic rings. The average Bonchev–Trinajstić information content (AvgIpc) is 3.33. The highest BCUT2D eigenvalue weighted by atomic mass is 16.6. The Bertz CT molecular complexity index is 830. The van der Waals surface area contributed by atoms with E-state index in [9.17, 15) is 19.5 Å². The summed E-state index contributed by atoms with van der Waals surface area (Å²) in [6.45, 7) is 14.9. The van der Waals surface area contributed by atoms with Crippen LogP contribution in [-0.4, -0.2) is 82.8 Å². The van der Waals surface area contributed by atoms with Crippen LogP contribution in [0.5, 0.6) is 0 Å². The molecule has 3 saturated heterocycles. The molecule has 8 heteroatoms. The molecule has 196 valence electrons. The van der Waals surface area contributed by atoms with Crippen molar-refractivity contribution in [2.24, 2.45) is 17.8 Å². The maximum Gasteiger partial charge on any atom is 0.312 e. The lowest BCUT2D eigenvalue weighted by molar-refractivity contribution is -0.162. The van der Waals surface area contributed by atoms with Crippen molar-refractivity contribution in [3.05, 3.63) is 25.3 Å². The number of aliphatic hydroxyl groups is 1. The van der Waals surface area contributed by atoms with Crippen molar-refractivity contribution in [2.45, 2.75) is 76.5 Å². The minimum Gasteiger partial charge on any atom is -0.465 e. The fourth-order valence-electron chi connectivity index (χ4n) is 6.31. The molecule has 3 heterocycles. The summed E-state index contributed by atoms with van der Waals surface area (Å²) in [5.41, 5.74) is -1.96. The molecule has 1 spiro atoms. The molecule has 0 saturated carbocycles. The van der Waals surface area contributed by atoms with Gasteiger partial charge in [-0.15, -0.1) is 13.2 Å². The van der Waals surface area contributed by atoms with E-state index in [0.29, 0.717) is 45.3 Å². The normalized spacial score (nSPS) is 33.0. The van der Waals surface area contributed by atoms with Gasteiger partial charge in [0.15, 0.2) is 0 Å². The van der Waals surface area contributed by atoms with Crippen LogP contribution in [0, 0.1) is 17.8 Å². The van der Waals surface area contributed by atoms with Crippen LogP contribution in [0.3, 0.4) is 0 Å². The Balaban J connectivity index is 2.02. The number of nitrogens with zero attached hydrogens (tertiary/aromatic N) is 2. The molecule has 0 radical (unpaired) electrons. The van der Waals surface area contributed by atoms with Crippen LogP contribution < -0.4 is 0 Å². The summed E-state index contributed by atoms with van der Waals surface area (Å²) in [5, 5.41) is 9.30. The standard InChI is InChI=1S/C27H42N2O6/c1-6-9-14-28(13-8-3)24(32)22-27-18-19(4)26(5,35-27)21(25(33)34-17-10-7-2)20(27)23(31)29(22)15-11-12-16-30/h7-8,19-22,30H,2-3,6,9-18H2,1,4-5H3/t19?,20-,21-,22?,26+,27?/m0/s1. The molecule has 6 atom stereocenters. The van der Waals surface area contributed by atoms with Crippen molar-refractivity contribution in [3.63, 3.8) is 0 Å². The van der Waals surface area contributed by atoms with Gasteiger partial charge in [0.05, 0.1) is 18.1 Å². The molecule has 1 N–H and O–H groups in total. The summed E-state index contributed by atoms with van der Waals surface area (Å²) in [4.78, 5) is 44.7.